The summed E-state index contributed by atoms with van der Waals surface area (Å²) in [5.74, 6) is -0.839. The quantitative estimate of drug-likeness (QED) is 0.878. The number of hydrogen-bond donors (Lipinski definition) is 1. The van der Waals surface area contributed by atoms with Crippen LogP contribution in [0.1, 0.15) is 20.8 Å². The Morgan fingerprint density at radius 1 is 1.56 bits per heavy atom. The summed E-state index contributed by atoms with van der Waals surface area (Å²) in [6, 6.07) is 4.15. The van der Waals surface area contributed by atoms with Gasteiger partial charge in [-0.25, -0.2) is 9.18 Å². The van der Waals surface area contributed by atoms with Gasteiger partial charge in [-0.05, 0) is 32.9 Å². The predicted molar refractivity (Wildman–Crippen MR) is 65.6 cm³/mol. The molecule has 4 nitrogen and oxygen atoms in total. The van der Waals surface area contributed by atoms with Crippen LogP contribution in [0.3, 0.4) is 0 Å². The minimum Gasteiger partial charge on any atom is -0.487 e. The Hall–Kier alpha value is -1.78. The molecule has 1 aliphatic rings. The van der Waals surface area contributed by atoms with Gasteiger partial charge in [0.15, 0.2) is 0 Å². The molecule has 0 radical (unpaired) electrons. The van der Waals surface area contributed by atoms with E-state index >= 15 is 0 Å². The molecule has 0 amide bonds. The maximum Gasteiger partial charge on any atom is 0.328 e. The second kappa shape index (κ2) is 4.15. The van der Waals surface area contributed by atoms with Gasteiger partial charge in [0.2, 0.25) is 0 Å². The van der Waals surface area contributed by atoms with Crippen molar-refractivity contribution in [2.45, 2.75) is 32.4 Å². The van der Waals surface area contributed by atoms with Gasteiger partial charge in [0.1, 0.15) is 23.2 Å². The van der Waals surface area contributed by atoms with E-state index in [0.717, 1.165) is 0 Å². The third kappa shape index (κ3) is 2.00. The summed E-state index contributed by atoms with van der Waals surface area (Å²) in [4.78, 5) is 13.0. The van der Waals surface area contributed by atoms with Crippen molar-refractivity contribution < 1.29 is 19.0 Å². The summed E-state index contributed by atoms with van der Waals surface area (Å²) in [7, 11) is 0. The van der Waals surface area contributed by atoms with Gasteiger partial charge in [-0.15, -0.1) is 0 Å². The third-order valence-electron chi connectivity index (χ3n) is 3.18. The summed E-state index contributed by atoms with van der Waals surface area (Å²) in [6.07, 6.45) is -0.137. The zero-order chi connectivity index (χ0) is 13.5. The molecule has 0 aromatic heterocycles. The van der Waals surface area contributed by atoms with Crippen molar-refractivity contribution in [3.63, 3.8) is 0 Å². The van der Waals surface area contributed by atoms with Crippen LogP contribution in [-0.2, 0) is 4.79 Å². The van der Waals surface area contributed by atoms with Gasteiger partial charge < -0.3 is 14.7 Å². The number of anilines is 1. The first kappa shape index (κ1) is 12.7. The maximum atomic E-state index is 13.3. The molecule has 0 fully saturated rings. The molecule has 1 aromatic rings. The van der Waals surface area contributed by atoms with E-state index in [4.69, 9.17) is 4.74 Å². The second-order valence-corrected chi connectivity index (χ2v) is 5.02. The monoisotopic (exact) mass is 253 g/mol. The highest BCUT2D eigenvalue weighted by atomic mass is 19.1. The summed E-state index contributed by atoms with van der Waals surface area (Å²) >= 11 is 0. The van der Waals surface area contributed by atoms with Crippen molar-refractivity contribution in [3.05, 3.63) is 24.0 Å². The van der Waals surface area contributed by atoms with Crippen LogP contribution in [-0.4, -0.2) is 29.3 Å². The summed E-state index contributed by atoms with van der Waals surface area (Å²) in [6.45, 7) is 5.47. The number of halogens is 1. The molecule has 18 heavy (non-hydrogen) atoms. The lowest BCUT2D eigenvalue weighted by atomic mass is 9.99. The van der Waals surface area contributed by atoms with Gasteiger partial charge >= 0.3 is 5.97 Å². The SMILES string of the molecule is CC1CN(C(C)(C)C(=O)O)c2cc(F)ccc2O1. The Labute approximate surface area is 105 Å². The fraction of sp³-hybridized carbons (Fsp3) is 0.462. The number of carbonyl (C=O) groups is 1. The number of ether oxygens (including phenoxy) is 1. The number of carboxylic acids is 1. The van der Waals surface area contributed by atoms with Gasteiger partial charge in [0.25, 0.3) is 0 Å². The molecular formula is C13H16FNO3. The lowest BCUT2D eigenvalue weighted by Crippen LogP contribution is -2.55. The average Bonchev–Trinajstić information content (AvgIpc) is 2.28. The number of nitrogens with zero attached hydrogens (tertiary/aromatic N) is 1. The average molecular weight is 253 g/mol. The van der Waals surface area contributed by atoms with E-state index < -0.39 is 17.3 Å². The molecule has 2 rings (SSSR count). The first-order valence-corrected chi connectivity index (χ1v) is 5.79. The van der Waals surface area contributed by atoms with Crippen LogP contribution in [0.25, 0.3) is 0 Å². The van der Waals surface area contributed by atoms with Crippen molar-refractivity contribution >= 4 is 11.7 Å². The smallest absolute Gasteiger partial charge is 0.328 e. The predicted octanol–water partition coefficient (Wildman–Crippen LogP) is 2.28. The van der Waals surface area contributed by atoms with E-state index in [9.17, 15) is 14.3 Å². The van der Waals surface area contributed by atoms with Crippen molar-refractivity contribution in [3.8, 4) is 5.75 Å². The Balaban J connectivity index is 2.51. The number of fused-ring (bicyclic) bond motifs is 1. The number of benzene rings is 1. The van der Waals surface area contributed by atoms with Gasteiger partial charge in [-0.2, -0.15) is 0 Å². The van der Waals surface area contributed by atoms with Gasteiger partial charge in [0, 0.05) is 6.07 Å². The number of rotatable bonds is 2. The second-order valence-electron chi connectivity index (χ2n) is 5.02. The molecule has 0 bridgehead atoms. The van der Waals surface area contributed by atoms with Crippen molar-refractivity contribution in [2.75, 3.05) is 11.4 Å². The number of hydrogen-bond acceptors (Lipinski definition) is 3. The van der Waals surface area contributed by atoms with Crippen molar-refractivity contribution in [1.29, 1.82) is 0 Å². The lowest BCUT2D eigenvalue weighted by Gasteiger charge is -2.42. The Morgan fingerprint density at radius 3 is 2.83 bits per heavy atom. The lowest BCUT2D eigenvalue weighted by molar-refractivity contribution is -0.142. The van der Waals surface area contributed by atoms with Crippen LogP contribution < -0.4 is 9.64 Å². The van der Waals surface area contributed by atoms with Crippen LogP contribution >= 0.6 is 0 Å². The highest BCUT2D eigenvalue weighted by Gasteiger charge is 2.39. The van der Waals surface area contributed by atoms with Crippen LogP contribution in [0.15, 0.2) is 18.2 Å². The topological polar surface area (TPSA) is 49.8 Å². The maximum absolute atomic E-state index is 13.3. The van der Waals surface area contributed by atoms with Crippen LogP contribution in [0.5, 0.6) is 5.75 Å². The normalized spacial score (nSPS) is 19.1. The third-order valence-corrected chi connectivity index (χ3v) is 3.18. The van der Waals surface area contributed by atoms with Crippen molar-refractivity contribution in [2.24, 2.45) is 0 Å². The fourth-order valence-electron chi connectivity index (χ4n) is 2.06. The summed E-state index contributed by atoms with van der Waals surface area (Å²) in [5.41, 5.74) is -0.624. The van der Waals surface area contributed by atoms with E-state index in [-0.39, 0.29) is 6.10 Å². The Kier molecular flexibility index (Phi) is 2.92. The highest BCUT2D eigenvalue weighted by molar-refractivity contribution is 5.84. The first-order valence-electron chi connectivity index (χ1n) is 5.79. The minimum absolute atomic E-state index is 0.137. The number of aliphatic carboxylic acids is 1. The van der Waals surface area contributed by atoms with Crippen LogP contribution in [0.4, 0.5) is 10.1 Å². The van der Waals surface area contributed by atoms with Gasteiger partial charge in [-0.3, -0.25) is 0 Å². The van der Waals surface area contributed by atoms with E-state index in [2.05, 4.69) is 0 Å². The molecule has 0 saturated carbocycles. The van der Waals surface area contributed by atoms with E-state index in [0.29, 0.717) is 18.0 Å². The zero-order valence-corrected chi connectivity index (χ0v) is 10.6. The molecule has 5 heteroatoms. The molecule has 1 unspecified atom stereocenters. The Bertz CT molecular complexity index is 487. The molecule has 1 atom stereocenters. The molecular weight excluding hydrogens is 237 g/mol. The first-order chi connectivity index (χ1) is 8.32. The fourth-order valence-corrected chi connectivity index (χ4v) is 2.06. The summed E-state index contributed by atoms with van der Waals surface area (Å²) in [5, 5.41) is 9.30. The Morgan fingerprint density at radius 2 is 2.22 bits per heavy atom. The molecule has 0 saturated heterocycles. The minimum atomic E-state index is -1.11. The van der Waals surface area contributed by atoms with Gasteiger partial charge in [0.05, 0.1) is 12.2 Å². The molecule has 1 aromatic carbocycles. The molecule has 0 spiro atoms. The van der Waals surface area contributed by atoms with E-state index in [1.165, 1.54) is 18.2 Å². The molecule has 0 aliphatic carbocycles. The van der Waals surface area contributed by atoms with E-state index in [1.807, 2.05) is 6.92 Å². The molecule has 1 heterocycles. The van der Waals surface area contributed by atoms with Gasteiger partial charge in [-0.1, -0.05) is 0 Å². The number of carboxylic acid groups (broad SMARTS) is 1. The molecule has 1 aliphatic heterocycles. The largest absolute Gasteiger partial charge is 0.487 e. The van der Waals surface area contributed by atoms with Crippen LogP contribution in [0, 0.1) is 5.82 Å². The van der Waals surface area contributed by atoms with Crippen molar-refractivity contribution in [1.82, 2.24) is 0 Å². The standard InChI is InChI=1S/C13H16FNO3/c1-8-7-15(13(2,3)12(16)17)10-6-9(14)4-5-11(10)18-8/h4-6,8H,7H2,1-3H3,(H,16,17). The van der Waals surface area contributed by atoms with Crippen LogP contribution in [0.2, 0.25) is 0 Å². The van der Waals surface area contributed by atoms with E-state index in [1.54, 1.807) is 18.7 Å². The summed E-state index contributed by atoms with van der Waals surface area (Å²) < 4.78 is 18.9. The molecule has 98 valence electrons. The highest BCUT2D eigenvalue weighted by Crippen LogP contribution is 2.38. The molecule has 1 N–H and O–H groups in total. The zero-order valence-electron chi connectivity index (χ0n) is 10.6.